The van der Waals surface area contributed by atoms with Gasteiger partial charge in [0.05, 0.1) is 18.3 Å². The van der Waals surface area contributed by atoms with Crippen LogP contribution in [0.1, 0.15) is 61.7 Å². The highest BCUT2D eigenvalue weighted by Gasteiger charge is 2.24. The van der Waals surface area contributed by atoms with Gasteiger partial charge in [-0.15, -0.1) is 11.3 Å². The molecule has 0 aromatic carbocycles. The van der Waals surface area contributed by atoms with Crippen LogP contribution in [0.5, 0.6) is 0 Å². The number of hydrogen-bond acceptors (Lipinski definition) is 4. The lowest BCUT2D eigenvalue weighted by molar-refractivity contribution is 0.254. The molecule has 0 spiro atoms. The summed E-state index contributed by atoms with van der Waals surface area (Å²) in [7, 11) is 4.12. The molecule has 2 aromatic rings. The standard InChI is InChI=1S/C22H36N6S/c1-6-23-22(26(4)15-18-16-27(5)25-21(18)17(2)3)24-14-19(20-10-9-13-29-20)28-11-7-8-12-28/h9-10,13,16-17,19H,6-8,11-12,14-15H2,1-5H3,(H,23,24). The lowest BCUT2D eigenvalue weighted by Gasteiger charge is -2.27. The number of guanidine groups is 1. The first kappa shape index (κ1) is 21.8. The van der Waals surface area contributed by atoms with E-state index in [1.54, 1.807) is 0 Å². The van der Waals surface area contributed by atoms with E-state index in [9.17, 15) is 0 Å². The summed E-state index contributed by atoms with van der Waals surface area (Å²) < 4.78 is 1.92. The minimum atomic E-state index is 0.379. The summed E-state index contributed by atoms with van der Waals surface area (Å²) in [6, 6.07) is 4.79. The van der Waals surface area contributed by atoms with Crippen LogP contribution in [0.15, 0.2) is 28.7 Å². The second-order valence-electron chi connectivity index (χ2n) is 8.19. The summed E-state index contributed by atoms with van der Waals surface area (Å²) in [5, 5.41) is 10.3. The number of aromatic nitrogens is 2. The van der Waals surface area contributed by atoms with Gasteiger partial charge in [-0.3, -0.25) is 14.6 Å². The highest BCUT2D eigenvalue weighted by molar-refractivity contribution is 7.10. The molecule has 1 aliphatic heterocycles. The van der Waals surface area contributed by atoms with Crippen molar-refractivity contribution < 1.29 is 0 Å². The van der Waals surface area contributed by atoms with Crippen LogP contribution in [-0.4, -0.2) is 58.8 Å². The molecule has 0 amide bonds. The maximum Gasteiger partial charge on any atom is 0.194 e. The number of rotatable bonds is 8. The zero-order valence-corrected chi connectivity index (χ0v) is 19.4. The molecule has 160 valence electrons. The maximum absolute atomic E-state index is 5.06. The number of thiophene rings is 1. The van der Waals surface area contributed by atoms with Gasteiger partial charge in [0, 0.05) is 43.8 Å². The minimum absolute atomic E-state index is 0.379. The third kappa shape index (κ3) is 5.60. The van der Waals surface area contributed by atoms with E-state index in [-0.39, 0.29) is 0 Å². The highest BCUT2D eigenvalue weighted by Crippen LogP contribution is 2.28. The third-order valence-corrected chi connectivity index (χ3v) is 6.43. The Morgan fingerprint density at radius 2 is 2.10 bits per heavy atom. The van der Waals surface area contributed by atoms with E-state index in [2.05, 4.69) is 71.7 Å². The number of likely N-dealkylation sites (tertiary alicyclic amines) is 1. The predicted octanol–water partition coefficient (Wildman–Crippen LogP) is 3.84. The van der Waals surface area contributed by atoms with Crippen molar-refractivity contribution in [2.75, 3.05) is 33.2 Å². The zero-order valence-electron chi connectivity index (χ0n) is 18.6. The average molecular weight is 417 g/mol. The first-order valence-corrected chi connectivity index (χ1v) is 11.7. The maximum atomic E-state index is 5.06. The largest absolute Gasteiger partial charge is 0.357 e. The first-order valence-electron chi connectivity index (χ1n) is 10.8. The Bertz CT molecular complexity index is 773. The Balaban J connectivity index is 1.76. The first-order chi connectivity index (χ1) is 14.0. The Morgan fingerprint density at radius 1 is 1.34 bits per heavy atom. The topological polar surface area (TPSA) is 48.7 Å². The van der Waals surface area contributed by atoms with Crippen molar-refractivity contribution in [2.24, 2.45) is 12.0 Å². The molecule has 2 aromatic heterocycles. The van der Waals surface area contributed by atoms with Crippen LogP contribution >= 0.6 is 11.3 Å². The summed E-state index contributed by atoms with van der Waals surface area (Å²) in [5.41, 5.74) is 2.44. The van der Waals surface area contributed by atoms with Crippen LogP contribution in [0, 0.1) is 0 Å². The van der Waals surface area contributed by atoms with Gasteiger partial charge >= 0.3 is 0 Å². The van der Waals surface area contributed by atoms with E-state index in [0.29, 0.717) is 12.0 Å². The SMILES string of the molecule is CCNC(=NCC(c1cccs1)N1CCCC1)N(C)Cc1cn(C)nc1C(C)C. The molecule has 3 rings (SSSR count). The number of nitrogens with one attached hydrogen (secondary N) is 1. The molecule has 1 atom stereocenters. The predicted molar refractivity (Wildman–Crippen MR) is 123 cm³/mol. The van der Waals surface area contributed by atoms with E-state index < -0.39 is 0 Å². The van der Waals surface area contributed by atoms with Gasteiger partial charge in [0.15, 0.2) is 5.96 Å². The molecule has 3 heterocycles. The molecule has 29 heavy (non-hydrogen) atoms. The minimum Gasteiger partial charge on any atom is -0.357 e. The van der Waals surface area contributed by atoms with E-state index in [1.165, 1.54) is 42.1 Å². The van der Waals surface area contributed by atoms with Gasteiger partial charge in [-0.2, -0.15) is 5.10 Å². The van der Waals surface area contributed by atoms with Gasteiger partial charge in [0.1, 0.15) is 0 Å². The van der Waals surface area contributed by atoms with Crippen molar-refractivity contribution in [3.05, 3.63) is 39.8 Å². The fourth-order valence-electron chi connectivity index (χ4n) is 4.06. The van der Waals surface area contributed by atoms with Gasteiger partial charge in [-0.05, 0) is 50.2 Å². The fraction of sp³-hybridized carbons (Fsp3) is 0.636. The van der Waals surface area contributed by atoms with Gasteiger partial charge < -0.3 is 10.2 Å². The van der Waals surface area contributed by atoms with Crippen LogP contribution in [-0.2, 0) is 13.6 Å². The van der Waals surface area contributed by atoms with Crippen LogP contribution in [0.2, 0.25) is 0 Å². The van der Waals surface area contributed by atoms with Gasteiger partial charge in [-0.25, -0.2) is 0 Å². The molecule has 1 N–H and O–H groups in total. The van der Waals surface area contributed by atoms with E-state index in [1.807, 2.05) is 23.1 Å². The van der Waals surface area contributed by atoms with Crippen molar-refractivity contribution in [3.8, 4) is 0 Å². The molecular formula is C22H36N6S. The highest BCUT2D eigenvalue weighted by atomic mass is 32.1. The van der Waals surface area contributed by atoms with Gasteiger partial charge in [0.2, 0.25) is 0 Å². The molecule has 7 heteroatoms. The van der Waals surface area contributed by atoms with Crippen LogP contribution in [0.25, 0.3) is 0 Å². The Hall–Kier alpha value is -1.86. The van der Waals surface area contributed by atoms with Crippen molar-refractivity contribution in [1.29, 1.82) is 0 Å². The number of aryl methyl sites for hydroxylation is 1. The van der Waals surface area contributed by atoms with Crippen LogP contribution < -0.4 is 5.32 Å². The van der Waals surface area contributed by atoms with E-state index >= 15 is 0 Å². The fourth-order valence-corrected chi connectivity index (χ4v) is 4.91. The molecule has 0 radical (unpaired) electrons. The number of nitrogens with zero attached hydrogens (tertiary/aromatic N) is 5. The average Bonchev–Trinajstić information content (AvgIpc) is 3.43. The Kier molecular flexibility index (Phi) is 7.72. The normalized spacial score (nSPS) is 16.6. The second-order valence-corrected chi connectivity index (χ2v) is 9.17. The van der Waals surface area contributed by atoms with Gasteiger partial charge in [-0.1, -0.05) is 19.9 Å². The summed E-state index contributed by atoms with van der Waals surface area (Å²) in [4.78, 5) is 11.3. The quantitative estimate of drug-likeness (QED) is 0.525. The number of hydrogen-bond donors (Lipinski definition) is 1. The molecular weight excluding hydrogens is 380 g/mol. The van der Waals surface area contributed by atoms with Crippen LogP contribution in [0.4, 0.5) is 0 Å². The summed E-state index contributed by atoms with van der Waals surface area (Å²) in [6.45, 7) is 11.3. The monoisotopic (exact) mass is 416 g/mol. The zero-order chi connectivity index (χ0) is 20.8. The molecule has 1 fully saturated rings. The van der Waals surface area contributed by atoms with E-state index in [4.69, 9.17) is 4.99 Å². The van der Waals surface area contributed by atoms with Crippen molar-refractivity contribution >= 4 is 17.3 Å². The molecule has 1 saturated heterocycles. The Morgan fingerprint density at radius 3 is 2.72 bits per heavy atom. The molecule has 1 aliphatic rings. The number of aliphatic imine (C=N–C) groups is 1. The summed E-state index contributed by atoms with van der Waals surface area (Å²) >= 11 is 1.85. The van der Waals surface area contributed by atoms with Crippen molar-refractivity contribution in [3.63, 3.8) is 0 Å². The third-order valence-electron chi connectivity index (χ3n) is 5.46. The molecule has 1 unspecified atom stereocenters. The lowest BCUT2D eigenvalue weighted by atomic mass is 10.1. The van der Waals surface area contributed by atoms with Crippen LogP contribution in [0.3, 0.4) is 0 Å². The smallest absolute Gasteiger partial charge is 0.194 e. The summed E-state index contributed by atoms with van der Waals surface area (Å²) in [6.07, 6.45) is 4.73. The molecule has 0 bridgehead atoms. The van der Waals surface area contributed by atoms with Crippen molar-refractivity contribution in [2.45, 2.75) is 52.1 Å². The lowest BCUT2D eigenvalue weighted by Crippen LogP contribution is -2.39. The second kappa shape index (κ2) is 10.3. The van der Waals surface area contributed by atoms with Crippen molar-refractivity contribution in [1.82, 2.24) is 24.9 Å². The van der Waals surface area contributed by atoms with Gasteiger partial charge in [0.25, 0.3) is 0 Å². The molecule has 0 aliphatic carbocycles. The molecule has 0 saturated carbocycles. The summed E-state index contributed by atoms with van der Waals surface area (Å²) in [5.74, 6) is 1.38. The van der Waals surface area contributed by atoms with E-state index in [0.717, 1.165) is 25.6 Å². The molecule has 6 nitrogen and oxygen atoms in total. The Labute approximate surface area is 179 Å².